The maximum atomic E-state index is 5.78. The number of likely N-dealkylation sites (N-methyl/N-ethyl adjacent to an activating group) is 1. The molecule has 0 rings (SSSR count). The van der Waals surface area contributed by atoms with E-state index >= 15 is 0 Å². The van der Waals surface area contributed by atoms with E-state index in [2.05, 4.69) is 49.8 Å². The highest BCUT2D eigenvalue weighted by Gasteiger charge is 2.09. The van der Waals surface area contributed by atoms with Crippen LogP contribution >= 0.6 is 24.0 Å². The van der Waals surface area contributed by atoms with Crippen molar-refractivity contribution in [2.45, 2.75) is 46.6 Å². The summed E-state index contributed by atoms with van der Waals surface area (Å²) in [7, 11) is 0. The Kier molecular flexibility index (Phi) is 11.3. The highest BCUT2D eigenvalue weighted by molar-refractivity contribution is 14.0. The molecule has 0 bridgehead atoms. The van der Waals surface area contributed by atoms with Crippen molar-refractivity contribution in [3.05, 3.63) is 0 Å². The zero-order valence-electron chi connectivity index (χ0n) is 11.9. The molecule has 0 spiro atoms. The Hall–Kier alpha value is -0.0400. The molecule has 0 aliphatic rings. The largest absolute Gasteiger partial charge is 0.370 e. The first-order valence-corrected chi connectivity index (χ1v) is 6.19. The molecule has 104 valence electrons. The second-order valence-corrected chi connectivity index (χ2v) is 5.08. The molecule has 0 saturated carbocycles. The van der Waals surface area contributed by atoms with Crippen LogP contribution in [0.2, 0.25) is 0 Å². The summed E-state index contributed by atoms with van der Waals surface area (Å²) in [4.78, 5) is 6.70. The van der Waals surface area contributed by atoms with Gasteiger partial charge in [-0.3, -0.25) is 4.99 Å². The fraction of sp³-hybridized carbons (Fsp3) is 0.917. The first-order chi connectivity index (χ1) is 7.39. The van der Waals surface area contributed by atoms with Crippen molar-refractivity contribution in [1.29, 1.82) is 0 Å². The molecule has 0 aliphatic heterocycles. The minimum absolute atomic E-state index is 0. The van der Waals surface area contributed by atoms with E-state index in [-0.39, 0.29) is 29.5 Å². The van der Waals surface area contributed by atoms with Crippen LogP contribution in [0, 0.1) is 0 Å². The number of nitrogens with one attached hydrogen (secondary N) is 1. The molecule has 0 heterocycles. The molecule has 0 aliphatic carbocycles. The van der Waals surface area contributed by atoms with Gasteiger partial charge in [-0.25, -0.2) is 0 Å². The number of guanidine groups is 1. The topological polar surface area (TPSA) is 53.6 Å². The molecule has 0 saturated heterocycles. The van der Waals surface area contributed by atoms with Gasteiger partial charge in [0, 0.05) is 12.1 Å². The van der Waals surface area contributed by atoms with Crippen LogP contribution in [0.15, 0.2) is 4.99 Å². The van der Waals surface area contributed by atoms with Crippen molar-refractivity contribution in [3.8, 4) is 0 Å². The predicted octanol–water partition coefficient (Wildman–Crippen LogP) is 2.04. The van der Waals surface area contributed by atoms with Gasteiger partial charge in [0.2, 0.25) is 0 Å². The van der Waals surface area contributed by atoms with Crippen molar-refractivity contribution < 1.29 is 0 Å². The number of hydrogen-bond donors (Lipinski definition) is 2. The van der Waals surface area contributed by atoms with Gasteiger partial charge in [-0.15, -0.1) is 24.0 Å². The first kappa shape index (κ1) is 19.3. The molecule has 3 N–H and O–H groups in total. The van der Waals surface area contributed by atoms with E-state index in [9.17, 15) is 0 Å². The molecular weight excluding hydrogens is 327 g/mol. The molecule has 0 aromatic carbocycles. The van der Waals surface area contributed by atoms with Gasteiger partial charge in [0.05, 0.1) is 6.54 Å². The fourth-order valence-corrected chi connectivity index (χ4v) is 1.48. The number of aliphatic imine (C=N–C) groups is 1. The third-order valence-electron chi connectivity index (χ3n) is 2.19. The van der Waals surface area contributed by atoms with Crippen LogP contribution in [0.5, 0.6) is 0 Å². The Morgan fingerprint density at radius 2 is 1.82 bits per heavy atom. The van der Waals surface area contributed by atoms with Crippen LogP contribution in [-0.2, 0) is 0 Å². The third-order valence-corrected chi connectivity index (χ3v) is 2.19. The molecule has 0 unspecified atom stereocenters. The lowest BCUT2D eigenvalue weighted by atomic mass is 10.1. The summed E-state index contributed by atoms with van der Waals surface area (Å²) in [6.07, 6.45) is 1.19. The van der Waals surface area contributed by atoms with E-state index in [4.69, 9.17) is 5.73 Å². The Morgan fingerprint density at radius 3 is 2.24 bits per heavy atom. The highest BCUT2D eigenvalue weighted by atomic mass is 127. The lowest BCUT2D eigenvalue weighted by molar-refractivity contribution is 0.297. The minimum atomic E-state index is -0.0125. The quantitative estimate of drug-likeness (QED) is 0.435. The van der Waals surface area contributed by atoms with E-state index in [0.717, 1.165) is 26.2 Å². The van der Waals surface area contributed by atoms with E-state index in [1.807, 2.05) is 0 Å². The predicted molar refractivity (Wildman–Crippen MR) is 87.2 cm³/mol. The van der Waals surface area contributed by atoms with Crippen LogP contribution in [0.1, 0.15) is 41.0 Å². The number of nitrogens with zero attached hydrogens (tertiary/aromatic N) is 2. The van der Waals surface area contributed by atoms with Gasteiger partial charge in [-0.2, -0.15) is 0 Å². The van der Waals surface area contributed by atoms with Crippen LogP contribution in [0.4, 0.5) is 0 Å². The number of rotatable bonds is 6. The number of halogens is 1. The fourth-order valence-electron chi connectivity index (χ4n) is 1.48. The maximum Gasteiger partial charge on any atom is 0.189 e. The van der Waals surface area contributed by atoms with Gasteiger partial charge in [-0.05, 0) is 40.3 Å². The summed E-state index contributed by atoms with van der Waals surface area (Å²) in [5.41, 5.74) is 5.77. The molecule has 0 amide bonds. The van der Waals surface area contributed by atoms with E-state index in [0.29, 0.717) is 5.96 Å². The summed E-state index contributed by atoms with van der Waals surface area (Å²) >= 11 is 0. The molecule has 0 aromatic rings. The van der Waals surface area contributed by atoms with Gasteiger partial charge >= 0.3 is 0 Å². The van der Waals surface area contributed by atoms with Crippen LogP contribution in [0.3, 0.4) is 0 Å². The summed E-state index contributed by atoms with van der Waals surface area (Å²) in [6.45, 7) is 14.6. The highest BCUT2D eigenvalue weighted by Crippen LogP contribution is 1.97. The molecule has 17 heavy (non-hydrogen) atoms. The molecule has 0 radical (unpaired) electrons. The van der Waals surface area contributed by atoms with Gasteiger partial charge in [0.1, 0.15) is 0 Å². The Balaban J connectivity index is 0. The lowest BCUT2D eigenvalue weighted by Crippen LogP contribution is -2.45. The first-order valence-electron chi connectivity index (χ1n) is 6.19. The maximum absolute atomic E-state index is 5.78. The number of hydrogen-bond acceptors (Lipinski definition) is 2. The van der Waals surface area contributed by atoms with Gasteiger partial charge < -0.3 is 16.0 Å². The molecule has 0 fully saturated rings. The van der Waals surface area contributed by atoms with Crippen molar-refractivity contribution in [2.75, 3.05) is 26.2 Å². The zero-order chi connectivity index (χ0) is 12.6. The van der Waals surface area contributed by atoms with Crippen molar-refractivity contribution >= 4 is 29.9 Å². The summed E-state index contributed by atoms with van der Waals surface area (Å²) in [5.74, 6) is 0.542. The minimum Gasteiger partial charge on any atom is -0.370 e. The summed E-state index contributed by atoms with van der Waals surface area (Å²) in [6, 6.07) is 0. The van der Waals surface area contributed by atoms with Gasteiger partial charge in [-0.1, -0.05) is 13.8 Å². The van der Waals surface area contributed by atoms with Crippen molar-refractivity contribution in [1.82, 2.24) is 10.2 Å². The summed E-state index contributed by atoms with van der Waals surface area (Å²) in [5, 5.41) is 3.15. The molecule has 5 heteroatoms. The molecule has 0 aromatic heterocycles. The van der Waals surface area contributed by atoms with Crippen LogP contribution in [0.25, 0.3) is 0 Å². The molecular formula is C12H29IN4. The number of nitrogens with two attached hydrogens (primary N) is 1. The van der Waals surface area contributed by atoms with E-state index < -0.39 is 0 Å². The second-order valence-electron chi connectivity index (χ2n) is 5.08. The van der Waals surface area contributed by atoms with Crippen LogP contribution < -0.4 is 11.1 Å². The average Bonchev–Trinajstić information content (AvgIpc) is 2.13. The molecule has 0 atom stereocenters. The smallest absolute Gasteiger partial charge is 0.189 e. The van der Waals surface area contributed by atoms with Gasteiger partial charge in [0.25, 0.3) is 0 Å². The normalized spacial score (nSPS) is 12.5. The van der Waals surface area contributed by atoms with Crippen LogP contribution in [-0.4, -0.2) is 42.6 Å². The lowest BCUT2D eigenvalue weighted by Gasteiger charge is -2.22. The Morgan fingerprint density at radius 1 is 1.24 bits per heavy atom. The Labute approximate surface area is 123 Å². The standard InChI is InChI=1S/C12H28N4.HI/c1-6-9-16(7-2)10-8-14-11(13)15-12(3,4)5;/h6-10H2,1-5H3,(H3,13,14,15);1H. The monoisotopic (exact) mass is 356 g/mol. The van der Waals surface area contributed by atoms with E-state index in [1.165, 1.54) is 6.42 Å². The van der Waals surface area contributed by atoms with Crippen molar-refractivity contribution in [2.24, 2.45) is 10.7 Å². The van der Waals surface area contributed by atoms with Gasteiger partial charge in [0.15, 0.2) is 5.96 Å². The van der Waals surface area contributed by atoms with Crippen molar-refractivity contribution in [3.63, 3.8) is 0 Å². The second kappa shape index (κ2) is 9.94. The third kappa shape index (κ3) is 12.2. The summed E-state index contributed by atoms with van der Waals surface area (Å²) < 4.78 is 0. The average molecular weight is 356 g/mol. The van der Waals surface area contributed by atoms with E-state index in [1.54, 1.807) is 0 Å². The molecule has 4 nitrogen and oxygen atoms in total. The SMILES string of the molecule is CCCN(CC)CCN=C(N)NC(C)(C)C.I. The zero-order valence-corrected chi connectivity index (χ0v) is 14.2. The Bertz CT molecular complexity index is 211.